The first-order valence-corrected chi connectivity index (χ1v) is 5.79. The van der Waals surface area contributed by atoms with Crippen molar-refractivity contribution in [2.24, 2.45) is 0 Å². The molecule has 0 atom stereocenters. The van der Waals surface area contributed by atoms with Gasteiger partial charge < -0.3 is 9.84 Å². The van der Waals surface area contributed by atoms with Crippen LogP contribution in [0.4, 0.5) is 0 Å². The van der Waals surface area contributed by atoms with Gasteiger partial charge in [-0.05, 0) is 12.1 Å². The lowest BCUT2D eigenvalue weighted by Gasteiger charge is -2.04. The number of phenolic OH excluding ortho intramolecular Hbond substituents is 1. The van der Waals surface area contributed by atoms with Crippen LogP contribution in [0.3, 0.4) is 0 Å². The Bertz CT molecular complexity index is 654. The number of nitriles is 1. The molecule has 2 rings (SSSR count). The number of phenols is 1. The van der Waals surface area contributed by atoms with Crippen molar-refractivity contribution in [2.75, 3.05) is 7.11 Å². The molecule has 0 saturated carbocycles. The van der Waals surface area contributed by atoms with Crippen LogP contribution in [0, 0.1) is 11.3 Å². The first-order chi connectivity index (χ1) is 9.26. The quantitative estimate of drug-likeness (QED) is 0.850. The van der Waals surface area contributed by atoms with Gasteiger partial charge in [-0.1, -0.05) is 42.5 Å². The molecule has 0 amide bonds. The molecule has 0 fully saturated rings. The number of methoxy groups -OCH3 is 1. The summed E-state index contributed by atoms with van der Waals surface area (Å²) in [6.45, 7) is 0. The summed E-state index contributed by atoms with van der Waals surface area (Å²) < 4.78 is 5.24. The van der Waals surface area contributed by atoms with Gasteiger partial charge in [0.05, 0.1) is 12.7 Å². The van der Waals surface area contributed by atoms with Crippen LogP contribution in [0.5, 0.6) is 11.5 Å². The highest BCUT2D eigenvalue weighted by Crippen LogP contribution is 2.25. The van der Waals surface area contributed by atoms with Crippen LogP contribution in [-0.4, -0.2) is 12.2 Å². The summed E-state index contributed by atoms with van der Waals surface area (Å²) in [5, 5.41) is 18.7. The third kappa shape index (κ3) is 2.75. The van der Waals surface area contributed by atoms with Gasteiger partial charge in [-0.2, -0.15) is 5.26 Å². The number of ether oxygens (including phenoxy) is 1. The SMILES string of the molecule is COc1ccccc1/C=C/c1cccc(C#N)c1O. The highest BCUT2D eigenvalue weighted by Gasteiger charge is 2.04. The van der Waals surface area contributed by atoms with E-state index in [1.54, 1.807) is 31.4 Å². The van der Waals surface area contributed by atoms with Crippen molar-refractivity contribution in [2.45, 2.75) is 0 Å². The maximum absolute atomic E-state index is 9.89. The van der Waals surface area contributed by atoms with E-state index >= 15 is 0 Å². The Hall–Kier alpha value is -2.73. The van der Waals surface area contributed by atoms with Crippen LogP contribution < -0.4 is 4.74 Å². The summed E-state index contributed by atoms with van der Waals surface area (Å²) in [7, 11) is 1.61. The predicted molar refractivity (Wildman–Crippen MR) is 74.7 cm³/mol. The summed E-state index contributed by atoms with van der Waals surface area (Å²) in [4.78, 5) is 0. The Labute approximate surface area is 112 Å². The molecular weight excluding hydrogens is 238 g/mol. The van der Waals surface area contributed by atoms with Gasteiger partial charge in [0.25, 0.3) is 0 Å². The van der Waals surface area contributed by atoms with E-state index in [0.717, 1.165) is 11.3 Å². The van der Waals surface area contributed by atoms with Gasteiger partial charge in [0.1, 0.15) is 17.6 Å². The smallest absolute Gasteiger partial charge is 0.140 e. The van der Waals surface area contributed by atoms with Crippen LogP contribution >= 0.6 is 0 Å². The second-order valence-corrected chi connectivity index (χ2v) is 3.93. The van der Waals surface area contributed by atoms with Crippen molar-refractivity contribution in [3.8, 4) is 17.6 Å². The topological polar surface area (TPSA) is 53.2 Å². The molecule has 0 aliphatic heterocycles. The van der Waals surface area contributed by atoms with Crippen LogP contribution in [0.25, 0.3) is 12.2 Å². The minimum atomic E-state index is -0.00357. The van der Waals surface area contributed by atoms with Gasteiger partial charge in [0.15, 0.2) is 0 Å². The molecule has 0 spiro atoms. The van der Waals surface area contributed by atoms with Crippen LogP contribution in [0.15, 0.2) is 42.5 Å². The average Bonchev–Trinajstić information content (AvgIpc) is 2.46. The molecule has 3 heteroatoms. The van der Waals surface area contributed by atoms with E-state index in [9.17, 15) is 5.11 Å². The minimum Gasteiger partial charge on any atom is -0.506 e. The van der Waals surface area contributed by atoms with Gasteiger partial charge in [-0.3, -0.25) is 0 Å². The molecule has 0 aromatic heterocycles. The number of benzene rings is 2. The maximum atomic E-state index is 9.89. The van der Waals surface area contributed by atoms with Crippen molar-refractivity contribution in [3.63, 3.8) is 0 Å². The van der Waals surface area contributed by atoms with E-state index in [-0.39, 0.29) is 11.3 Å². The molecule has 1 N–H and O–H groups in total. The molecular formula is C16H13NO2. The zero-order valence-electron chi connectivity index (χ0n) is 10.5. The molecule has 0 bridgehead atoms. The fourth-order valence-corrected chi connectivity index (χ4v) is 1.77. The lowest BCUT2D eigenvalue weighted by Crippen LogP contribution is -1.85. The first-order valence-electron chi connectivity index (χ1n) is 5.79. The lowest BCUT2D eigenvalue weighted by molar-refractivity contribution is 0.414. The Balaban J connectivity index is 2.36. The maximum Gasteiger partial charge on any atom is 0.140 e. The van der Waals surface area contributed by atoms with Gasteiger partial charge in [0.2, 0.25) is 0 Å². The molecule has 19 heavy (non-hydrogen) atoms. The predicted octanol–water partition coefficient (Wildman–Crippen LogP) is 3.44. The minimum absolute atomic E-state index is 0.00357. The molecule has 0 unspecified atom stereocenters. The van der Waals surface area contributed by atoms with E-state index in [1.165, 1.54) is 0 Å². The normalized spacial score (nSPS) is 10.3. The Morgan fingerprint density at radius 2 is 1.74 bits per heavy atom. The summed E-state index contributed by atoms with van der Waals surface area (Å²) >= 11 is 0. The summed E-state index contributed by atoms with van der Waals surface area (Å²) in [5.74, 6) is 0.755. The zero-order valence-corrected chi connectivity index (χ0v) is 10.5. The average molecular weight is 251 g/mol. The highest BCUT2D eigenvalue weighted by molar-refractivity contribution is 5.75. The monoisotopic (exact) mass is 251 g/mol. The Morgan fingerprint density at radius 1 is 1.05 bits per heavy atom. The third-order valence-electron chi connectivity index (χ3n) is 2.77. The summed E-state index contributed by atoms with van der Waals surface area (Å²) in [6.07, 6.45) is 3.60. The van der Waals surface area contributed by atoms with E-state index < -0.39 is 0 Å². The number of aromatic hydroxyl groups is 1. The second-order valence-electron chi connectivity index (χ2n) is 3.93. The van der Waals surface area contributed by atoms with Crippen molar-refractivity contribution in [1.82, 2.24) is 0 Å². The molecule has 2 aromatic rings. The lowest BCUT2D eigenvalue weighted by atomic mass is 10.1. The largest absolute Gasteiger partial charge is 0.506 e. The van der Waals surface area contributed by atoms with Crippen molar-refractivity contribution < 1.29 is 9.84 Å². The zero-order chi connectivity index (χ0) is 13.7. The van der Waals surface area contributed by atoms with E-state index in [1.807, 2.05) is 36.4 Å². The number of rotatable bonds is 3. The fourth-order valence-electron chi connectivity index (χ4n) is 1.77. The number of nitrogens with zero attached hydrogens (tertiary/aromatic N) is 1. The van der Waals surface area contributed by atoms with Crippen LogP contribution in [-0.2, 0) is 0 Å². The Morgan fingerprint density at radius 3 is 2.47 bits per heavy atom. The van der Waals surface area contributed by atoms with Crippen molar-refractivity contribution in [3.05, 3.63) is 59.2 Å². The molecule has 0 radical (unpaired) electrons. The summed E-state index contributed by atoms with van der Waals surface area (Å²) in [5.41, 5.74) is 1.78. The summed E-state index contributed by atoms with van der Waals surface area (Å²) in [6, 6.07) is 14.6. The number of hydrogen-bond donors (Lipinski definition) is 1. The molecule has 3 nitrogen and oxygen atoms in total. The first kappa shape index (κ1) is 12.7. The number of hydrogen-bond acceptors (Lipinski definition) is 3. The molecule has 0 aliphatic rings. The van der Waals surface area contributed by atoms with Gasteiger partial charge >= 0.3 is 0 Å². The van der Waals surface area contributed by atoms with E-state index in [4.69, 9.17) is 10.00 Å². The van der Waals surface area contributed by atoms with Crippen LogP contribution in [0.2, 0.25) is 0 Å². The van der Waals surface area contributed by atoms with Gasteiger partial charge in [-0.25, -0.2) is 0 Å². The fraction of sp³-hybridized carbons (Fsp3) is 0.0625. The molecule has 94 valence electrons. The van der Waals surface area contributed by atoms with Crippen molar-refractivity contribution in [1.29, 1.82) is 5.26 Å². The number of para-hydroxylation sites is 2. The van der Waals surface area contributed by atoms with E-state index in [0.29, 0.717) is 5.56 Å². The molecule has 0 heterocycles. The van der Waals surface area contributed by atoms with E-state index in [2.05, 4.69) is 0 Å². The second kappa shape index (κ2) is 5.74. The third-order valence-corrected chi connectivity index (χ3v) is 2.77. The molecule has 2 aromatic carbocycles. The molecule has 0 saturated heterocycles. The van der Waals surface area contributed by atoms with Crippen LogP contribution in [0.1, 0.15) is 16.7 Å². The standard InChI is InChI=1S/C16H13NO2/c1-19-15-8-3-2-5-12(15)9-10-13-6-4-7-14(11-17)16(13)18/h2-10,18H,1H3/b10-9+. The Kier molecular flexibility index (Phi) is 3.84. The van der Waals surface area contributed by atoms with Gasteiger partial charge in [0, 0.05) is 11.1 Å². The van der Waals surface area contributed by atoms with Gasteiger partial charge in [-0.15, -0.1) is 0 Å². The highest BCUT2D eigenvalue weighted by atomic mass is 16.5. The van der Waals surface area contributed by atoms with Crippen molar-refractivity contribution >= 4 is 12.2 Å². The molecule has 0 aliphatic carbocycles.